The molecule has 0 unspecified atom stereocenters. The van der Waals surface area contributed by atoms with Crippen LogP contribution in [0, 0.1) is 12.8 Å². The van der Waals surface area contributed by atoms with E-state index in [4.69, 9.17) is 0 Å². The van der Waals surface area contributed by atoms with Crippen molar-refractivity contribution in [2.24, 2.45) is 5.92 Å². The third kappa shape index (κ3) is 4.67. The van der Waals surface area contributed by atoms with Gasteiger partial charge in [0.25, 0.3) is 0 Å². The summed E-state index contributed by atoms with van der Waals surface area (Å²) < 4.78 is 0. The Balaban J connectivity index is 2.23. The zero-order valence-corrected chi connectivity index (χ0v) is 14.1. The Hall–Kier alpha value is -2.13. The van der Waals surface area contributed by atoms with E-state index in [1.807, 2.05) is 37.3 Å². The van der Waals surface area contributed by atoms with E-state index in [-0.39, 0.29) is 6.04 Å². The van der Waals surface area contributed by atoms with Crippen LogP contribution in [0.5, 0.6) is 0 Å². The van der Waals surface area contributed by atoms with Crippen LogP contribution in [0.15, 0.2) is 54.6 Å². The molecule has 0 saturated heterocycles. The molecule has 2 aromatic carbocycles. The lowest BCUT2D eigenvalue weighted by atomic mass is 9.99. The Morgan fingerprint density at radius 3 is 2.22 bits per heavy atom. The maximum Gasteiger partial charge on any atom is 0.307 e. The molecule has 0 fully saturated rings. The van der Waals surface area contributed by atoms with Crippen molar-refractivity contribution in [1.29, 1.82) is 0 Å². The molecule has 23 heavy (non-hydrogen) atoms. The Morgan fingerprint density at radius 2 is 1.61 bits per heavy atom. The number of hydrogen-bond acceptors (Lipinski definition) is 2. The van der Waals surface area contributed by atoms with Crippen LogP contribution in [0.3, 0.4) is 0 Å². The second kappa shape index (κ2) is 7.93. The number of hydrogen-bond donors (Lipinski definition) is 1. The number of aryl methyl sites for hydroxylation is 1. The molecule has 0 amide bonds. The molecule has 0 aliphatic rings. The van der Waals surface area contributed by atoms with Gasteiger partial charge < -0.3 is 5.11 Å². The highest BCUT2D eigenvalue weighted by atomic mass is 16.4. The monoisotopic (exact) mass is 311 g/mol. The number of aliphatic carboxylic acids is 1. The molecular formula is C20H25NO2. The molecule has 0 radical (unpaired) electrons. The van der Waals surface area contributed by atoms with Crippen molar-refractivity contribution in [2.45, 2.75) is 39.9 Å². The summed E-state index contributed by atoms with van der Waals surface area (Å²) in [4.78, 5) is 13.6. The molecule has 0 aliphatic heterocycles. The van der Waals surface area contributed by atoms with E-state index in [0.717, 1.165) is 13.1 Å². The fraction of sp³-hybridized carbons (Fsp3) is 0.350. The average Bonchev–Trinajstić information content (AvgIpc) is 2.55. The van der Waals surface area contributed by atoms with Crippen LogP contribution >= 0.6 is 0 Å². The second-order valence-electron chi connectivity index (χ2n) is 6.18. The molecule has 2 atom stereocenters. The highest BCUT2D eigenvalue weighted by Crippen LogP contribution is 2.20. The minimum absolute atomic E-state index is 0.0488. The summed E-state index contributed by atoms with van der Waals surface area (Å²) in [5.74, 6) is -1.16. The summed E-state index contributed by atoms with van der Waals surface area (Å²) in [6, 6.07) is 18.4. The first-order valence-electron chi connectivity index (χ1n) is 8.04. The van der Waals surface area contributed by atoms with Gasteiger partial charge in [-0.2, -0.15) is 0 Å². The van der Waals surface area contributed by atoms with Crippen LogP contribution in [0.25, 0.3) is 0 Å². The molecule has 3 heteroatoms. The number of carboxylic acids is 1. The van der Waals surface area contributed by atoms with E-state index in [2.05, 4.69) is 36.1 Å². The zero-order chi connectivity index (χ0) is 16.8. The van der Waals surface area contributed by atoms with Crippen LogP contribution in [0.4, 0.5) is 0 Å². The van der Waals surface area contributed by atoms with Gasteiger partial charge in [0.05, 0.1) is 5.92 Å². The van der Waals surface area contributed by atoms with Gasteiger partial charge in [-0.15, -0.1) is 0 Å². The van der Waals surface area contributed by atoms with Crippen molar-refractivity contribution in [1.82, 2.24) is 4.90 Å². The standard InChI is InChI=1S/C20H25NO2/c1-15-9-7-8-12-19(15)14-21(17(3)16(2)20(22)23)13-18-10-5-4-6-11-18/h4-12,16-17H,13-14H2,1-3H3,(H,22,23)/t16-,17+/m1/s1. The van der Waals surface area contributed by atoms with Gasteiger partial charge in [0.1, 0.15) is 0 Å². The normalized spacial score (nSPS) is 13.7. The lowest BCUT2D eigenvalue weighted by molar-refractivity contribution is -0.143. The molecule has 122 valence electrons. The maximum atomic E-state index is 11.4. The fourth-order valence-electron chi connectivity index (χ4n) is 2.69. The van der Waals surface area contributed by atoms with E-state index in [1.54, 1.807) is 6.92 Å². The molecule has 0 heterocycles. The van der Waals surface area contributed by atoms with Gasteiger partial charge in [0.15, 0.2) is 0 Å². The van der Waals surface area contributed by atoms with Crippen LogP contribution in [0.2, 0.25) is 0 Å². The molecule has 0 aliphatic carbocycles. The molecular weight excluding hydrogens is 286 g/mol. The van der Waals surface area contributed by atoms with Crippen LogP contribution in [0.1, 0.15) is 30.5 Å². The lowest BCUT2D eigenvalue weighted by Crippen LogP contribution is -2.39. The Kier molecular flexibility index (Phi) is 5.94. The maximum absolute atomic E-state index is 11.4. The van der Waals surface area contributed by atoms with Gasteiger partial charge in [-0.3, -0.25) is 9.69 Å². The van der Waals surface area contributed by atoms with Crippen LogP contribution in [-0.4, -0.2) is 22.0 Å². The number of benzene rings is 2. The summed E-state index contributed by atoms with van der Waals surface area (Å²) in [7, 11) is 0. The minimum Gasteiger partial charge on any atom is -0.481 e. The first kappa shape index (κ1) is 17.2. The fourth-order valence-corrected chi connectivity index (χ4v) is 2.69. The van der Waals surface area contributed by atoms with E-state index >= 15 is 0 Å². The quantitative estimate of drug-likeness (QED) is 0.836. The summed E-state index contributed by atoms with van der Waals surface area (Å²) in [6.07, 6.45) is 0. The Bertz CT molecular complexity index is 639. The van der Waals surface area contributed by atoms with Gasteiger partial charge in [-0.1, -0.05) is 61.5 Å². The number of carboxylic acid groups (broad SMARTS) is 1. The molecule has 0 aromatic heterocycles. The van der Waals surface area contributed by atoms with Gasteiger partial charge in [0, 0.05) is 19.1 Å². The summed E-state index contributed by atoms with van der Waals surface area (Å²) in [6.45, 7) is 7.37. The molecule has 1 N–H and O–H groups in total. The largest absolute Gasteiger partial charge is 0.481 e. The molecule has 2 aromatic rings. The predicted octanol–water partition coefficient (Wildman–Crippen LogP) is 4.11. The molecule has 3 nitrogen and oxygen atoms in total. The average molecular weight is 311 g/mol. The van der Waals surface area contributed by atoms with Crippen molar-refractivity contribution < 1.29 is 9.90 Å². The van der Waals surface area contributed by atoms with Crippen LogP contribution < -0.4 is 0 Å². The molecule has 0 saturated carbocycles. The second-order valence-corrected chi connectivity index (χ2v) is 6.18. The van der Waals surface area contributed by atoms with Gasteiger partial charge in [-0.25, -0.2) is 0 Å². The highest BCUT2D eigenvalue weighted by Gasteiger charge is 2.25. The van der Waals surface area contributed by atoms with E-state index in [1.165, 1.54) is 16.7 Å². The molecule has 0 bridgehead atoms. The van der Waals surface area contributed by atoms with Crippen molar-refractivity contribution in [3.8, 4) is 0 Å². The SMILES string of the molecule is Cc1ccccc1CN(Cc1ccccc1)[C@@H](C)[C@@H](C)C(=O)O. The summed E-state index contributed by atoms with van der Waals surface area (Å²) in [5.41, 5.74) is 3.68. The predicted molar refractivity (Wildman–Crippen MR) is 93.1 cm³/mol. The number of carbonyl (C=O) groups is 1. The van der Waals surface area contributed by atoms with Gasteiger partial charge in [-0.05, 0) is 30.5 Å². The number of nitrogens with zero attached hydrogens (tertiary/aromatic N) is 1. The van der Waals surface area contributed by atoms with E-state index in [0.29, 0.717) is 0 Å². The third-order valence-corrected chi connectivity index (χ3v) is 4.55. The van der Waals surface area contributed by atoms with Crippen molar-refractivity contribution >= 4 is 5.97 Å². The lowest BCUT2D eigenvalue weighted by Gasteiger charge is -2.32. The van der Waals surface area contributed by atoms with Gasteiger partial charge in [0.2, 0.25) is 0 Å². The van der Waals surface area contributed by atoms with Gasteiger partial charge >= 0.3 is 5.97 Å². The number of rotatable bonds is 7. The first-order chi connectivity index (χ1) is 11.0. The molecule has 0 spiro atoms. The van der Waals surface area contributed by atoms with E-state index < -0.39 is 11.9 Å². The highest BCUT2D eigenvalue weighted by molar-refractivity contribution is 5.70. The zero-order valence-electron chi connectivity index (χ0n) is 14.1. The molecule has 2 rings (SSSR count). The summed E-state index contributed by atoms with van der Waals surface area (Å²) >= 11 is 0. The van der Waals surface area contributed by atoms with Crippen molar-refractivity contribution in [3.05, 3.63) is 71.3 Å². The topological polar surface area (TPSA) is 40.5 Å². The Morgan fingerprint density at radius 1 is 1.00 bits per heavy atom. The van der Waals surface area contributed by atoms with Crippen LogP contribution in [-0.2, 0) is 17.9 Å². The van der Waals surface area contributed by atoms with Crippen molar-refractivity contribution in [2.75, 3.05) is 0 Å². The first-order valence-corrected chi connectivity index (χ1v) is 8.04. The Labute approximate surface area is 138 Å². The summed E-state index contributed by atoms with van der Waals surface area (Å²) in [5, 5.41) is 9.36. The van der Waals surface area contributed by atoms with Crippen molar-refractivity contribution in [3.63, 3.8) is 0 Å². The smallest absolute Gasteiger partial charge is 0.307 e. The van der Waals surface area contributed by atoms with E-state index in [9.17, 15) is 9.90 Å². The third-order valence-electron chi connectivity index (χ3n) is 4.55. The minimum atomic E-state index is -0.750.